The largest absolute Gasteiger partial charge is 0.465 e. The quantitative estimate of drug-likeness (QED) is 0.598. The van der Waals surface area contributed by atoms with Crippen LogP contribution in [0.15, 0.2) is 30.5 Å². The van der Waals surface area contributed by atoms with Gasteiger partial charge in [0.2, 0.25) is 0 Å². The molecule has 2 aromatic rings. The van der Waals surface area contributed by atoms with Crippen LogP contribution in [-0.4, -0.2) is 41.1 Å². The van der Waals surface area contributed by atoms with Gasteiger partial charge in [-0.05, 0) is 82.4 Å². The van der Waals surface area contributed by atoms with E-state index in [4.69, 9.17) is 9.47 Å². The lowest BCUT2D eigenvalue weighted by Crippen LogP contribution is -2.36. The molecule has 33 heavy (non-hydrogen) atoms. The summed E-state index contributed by atoms with van der Waals surface area (Å²) in [6.45, 7) is 6.26. The van der Waals surface area contributed by atoms with E-state index in [2.05, 4.69) is 28.6 Å². The molecule has 0 radical (unpaired) electrons. The first-order valence-corrected chi connectivity index (χ1v) is 12.0. The lowest BCUT2D eigenvalue weighted by atomic mass is 9.78. The van der Waals surface area contributed by atoms with Crippen molar-refractivity contribution in [1.82, 2.24) is 15.1 Å². The molecule has 2 fully saturated rings. The number of benzene rings is 1. The number of esters is 1. The number of hydrogen-bond donors (Lipinski definition) is 1. The van der Waals surface area contributed by atoms with E-state index in [9.17, 15) is 9.59 Å². The molecule has 1 N–H and O–H groups in total. The first-order valence-electron chi connectivity index (χ1n) is 12.0. The Kier molecular flexibility index (Phi) is 6.77. The average Bonchev–Trinajstić information content (AvgIpc) is 3.54. The fourth-order valence-corrected chi connectivity index (χ4v) is 4.81. The van der Waals surface area contributed by atoms with Crippen molar-refractivity contribution in [2.45, 2.75) is 76.7 Å². The predicted molar refractivity (Wildman–Crippen MR) is 126 cm³/mol. The molecular formula is C26H35N3O4. The summed E-state index contributed by atoms with van der Waals surface area (Å²) in [5.41, 5.74) is 3.31. The molecule has 2 aliphatic rings. The molecule has 0 aliphatic heterocycles. The summed E-state index contributed by atoms with van der Waals surface area (Å²) in [5, 5.41) is 7.50. The van der Waals surface area contributed by atoms with Gasteiger partial charge in [0.05, 0.1) is 24.7 Å². The van der Waals surface area contributed by atoms with Gasteiger partial charge in [-0.3, -0.25) is 0 Å². The van der Waals surface area contributed by atoms with E-state index in [1.165, 1.54) is 12.7 Å². The summed E-state index contributed by atoms with van der Waals surface area (Å²) < 4.78 is 12.3. The zero-order chi connectivity index (χ0) is 23.6. The Morgan fingerprint density at radius 1 is 1.15 bits per heavy atom. The summed E-state index contributed by atoms with van der Waals surface area (Å²) in [7, 11) is 1.41. The molecule has 7 nitrogen and oxygen atoms in total. The van der Waals surface area contributed by atoms with Gasteiger partial charge in [0.25, 0.3) is 0 Å². The number of nitrogens with one attached hydrogen (secondary N) is 1. The Morgan fingerprint density at radius 2 is 1.94 bits per heavy atom. The van der Waals surface area contributed by atoms with Gasteiger partial charge in [-0.2, -0.15) is 5.10 Å². The molecule has 1 amide bonds. The minimum absolute atomic E-state index is 0.327. The summed E-state index contributed by atoms with van der Waals surface area (Å²) in [6.07, 6.45) is 7.84. The van der Waals surface area contributed by atoms with Gasteiger partial charge in [-0.1, -0.05) is 18.6 Å². The maximum Gasteiger partial charge on any atom is 0.407 e. The monoisotopic (exact) mass is 453 g/mol. The maximum atomic E-state index is 12.2. The third-order valence-corrected chi connectivity index (χ3v) is 6.48. The normalized spacial score (nSPS) is 20.8. The number of aromatic nitrogens is 2. The Labute approximate surface area is 195 Å². The number of carbonyl (C=O) groups is 2. The van der Waals surface area contributed by atoms with Gasteiger partial charge in [-0.15, -0.1) is 0 Å². The molecule has 178 valence electrons. The predicted octanol–water partition coefficient (Wildman–Crippen LogP) is 5.33. The first-order chi connectivity index (χ1) is 15.7. The highest BCUT2D eigenvalue weighted by Gasteiger charge is 2.33. The molecule has 2 saturated carbocycles. The SMILES string of the molecule is COC(=O)c1cnn(-c2cccc([C@@H]3CCC[C@@H](CNC(=O)OC(C)(C)C)C3)c2)c1C1CC1. The van der Waals surface area contributed by atoms with E-state index >= 15 is 0 Å². The zero-order valence-corrected chi connectivity index (χ0v) is 20.1. The second-order valence-corrected chi connectivity index (χ2v) is 10.3. The van der Waals surface area contributed by atoms with E-state index in [1.807, 2.05) is 31.5 Å². The lowest BCUT2D eigenvalue weighted by molar-refractivity contribution is 0.0513. The Morgan fingerprint density at radius 3 is 2.64 bits per heavy atom. The highest BCUT2D eigenvalue weighted by Crippen LogP contribution is 2.43. The van der Waals surface area contributed by atoms with Crippen molar-refractivity contribution in [2.75, 3.05) is 13.7 Å². The average molecular weight is 454 g/mol. The minimum atomic E-state index is -0.487. The van der Waals surface area contributed by atoms with Gasteiger partial charge in [0.1, 0.15) is 11.2 Å². The molecule has 2 atom stereocenters. The van der Waals surface area contributed by atoms with Crippen molar-refractivity contribution >= 4 is 12.1 Å². The molecule has 0 spiro atoms. The van der Waals surface area contributed by atoms with Gasteiger partial charge in [0, 0.05) is 12.5 Å². The van der Waals surface area contributed by atoms with Gasteiger partial charge in [0.15, 0.2) is 0 Å². The molecular weight excluding hydrogens is 418 g/mol. The number of rotatable bonds is 6. The Hall–Kier alpha value is -2.83. The summed E-state index contributed by atoms with van der Waals surface area (Å²) in [4.78, 5) is 24.3. The molecule has 2 aliphatic carbocycles. The van der Waals surface area contributed by atoms with Crippen LogP contribution in [0.5, 0.6) is 0 Å². The molecule has 7 heteroatoms. The van der Waals surface area contributed by atoms with Crippen LogP contribution in [0.4, 0.5) is 4.79 Å². The van der Waals surface area contributed by atoms with Crippen LogP contribution >= 0.6 is 0 Å². The number of ether oxygens (including phenoxy) is 2. The van der Waals surface area contributed by atoms with E-state index < -0.39 is 5.60 Å². The molecule has 0 saturated heterocycles. The number of hydrogen-bond acceptors (Lipinski definition) is 5. The lowest BCUT2D eigenvalue weighted by Gasteiger charge is -2.30. The van der Waals surface area contributed by atoms with Crippen molar-refractivity contribution in [3.05, 3.63) is 47.3 Å². The van der Waals surface area contributed by atoms with Crippen LogP contribution in [0.25, 0.3) is 5.69 Å². The maximum absolute atomic E-state index is 12.2. The number of carbonyl (C=O) groups excluding carboxylic acids is 2. The minimum Gasteiger partial charge on any atom is -0.465 e. The fourth-order valence-electron chi connectivity index (χ4n) is 4.81. The molecule has 0 unspecified atom stereocenters. The molecule has 4 rings (SSSR count). The van der Waals surface area contributed by atoms with E-state index in [0.29, 0.717) is 29.9 Å². The third kappa shape index (κ3) is 5.75. The van der Waals surface area contributed by atoms with E-state index in [1.54, 1.807) is 6.20 Å². The summed E-state index contributed by atoms with van der Waals surface area (Å²) in [5.74, 6) is 0.900. The second kappa shape index (κ2) is 9.57. The molecule has 1 aromatic heterocycles. The van der Waals surface area contributed by atoms with Crippen LogP contribution < -0.4 is 5.32 Å². The summed E-state index contributed by atoms with van der Waals surface area (Å²) >= 11 is 0. The Bertz CT molecular complexity index is 1000. The molecule has 1 aromatic carbocycles. The molecule has 0 bridgehead atoms. The zero-order valence-electron chi connectivity index (χ0n) is 20.1. The number of amides is 1. The molecule has 1 heterocycles. The van der Waals surface area contributed by atoms with Crippen LogP contribution in [0.3, 0.4) is 0 Å². The van der Waals surface area contributed by atoms with E-state index in [0.717, 1.165) is 49.9 Å². The smallest absolute Gasteiger partial charge is 0.407 e. The van der Waals surface area contributed by atoms with Crippen molar-refractivity contribution < 1.29 is 19.1 Å². The van der Waals surface area contributed by atoms with Crippen LogP contribution in [0.1, 0.15) is 92.7 Å². The van der Waals surface area contributed by atoms with Crippen molar-refractivity contribution in [2.24, 2.45) is 5.92 Å². The topological polar surface area (TPSA) is 82.5 Å². The highest BCUT2D eigenvalue weighted by atomic mass is 16.6. The first kappa shape index (κ1) is 23.3. The van der Waals surface area contributed by atoms with Crippen LogP contribution in [0, 0.1) is 5.92 Å². The third-order valence-electron chi connectivity index (χ3n) is 6.48. The van der Waals surface area contributed by atoms with Crippen molar-refractivity contribution in [3.63, 3.8) is 0 Å². The highest BCUT2D eigenvalue weighted by molar-refractivity contribution is 5.90. The number of alkyl carbamates (subject to hydrolysis) is 1. The van der Waals surface area contributed by atoms with Crippen LogP contribution in [-0.2, 0) is 9.47 Å². The van der Waals surface area contributed by atoms with Gasteiger partial charge < -0.3 is 14.8 Å². The van der Waals surface area contributed by atoms with Crippen molar-refractivity contribution in [3.8, 4) is 5.69 Å². The van der Waals surface area contributed by atoms with Crippen molar-refractivity contribution in [1.29, 1.82) is 0 Å². The fraction of sp³-hybridized carbons (Fsp3) is 0.577. The van der Waals surface area contributed by atoms with E-state index in [-0.39, 0.29) is 12.1 Å². The van der Waals surface area contributed by atoms with Gasteiger partial charge in [-0.25, -0.2) is 14.3 Å². The number of nitrogens with zero attached hydrogens (tertiary/aromatic N) is 2. The van der Waals surface area contributed by atoms with Crippen LogP contribution in [0.2, 0.25) is 0 Å². The standard InChI is InChI=1S/C26H35N3O4/c1-26(2,3)33-25(31)27-15-17-7-5-8-19(13-17)20-9-6-10-21(14-20)29-23(18-11-12-18)22(16-28-29)24(30)32-4/h6,9-10,14,16-19H,5,7-8,11-13,15H2,1-4H3,(H,27,31)/t17-,19-/m1/s1. The van der Waals surface area contributed by atoms with Gasteiger partial charge >= 0.3 is 12.1 Å². The summed E-state index contributed by atoms with van der Waals surface area (Å²) in [6, 6.07) is 8.50. The second-order valence-electron chi connectivity index (χ2n) is 10.3. The Balaban J connectivity index is 1.47. The number of methoxy groups -OCH3 is 1.